The molecule has 0 fully saturated rings. The minimum absolute atomic E-state index is 0.131. The summed E-state index contributed by atoms with van der Waals surface area (Å²) in [6.07, 6.45) is 0.300. The van der Waals surface area contributed by atoms with E-state index in [4.69, 9.17) is 21.1 Å². The van der Waals surface area contributed by atoms with Crippen molar-refractivity contribution in [3.05, 3.63) is 34.3 Å². The fraction of sp³-hybridized carbons (Fsp3) is 0.562. The summed E-state index contributed by atoms with van der Waals surface area (Å²) < 4.78 is 10.7. The van der Waals surface area contributed by atoms with Gasteiger partial charge in [0.1, 0.15) is 6.79 Å². The number of carboxylic acid groups (broad SMARTS) is 1. The molecule has 1 aromatic carbocycles. The molecule has 1 aliphatic rings. The van der Waals surface area contributed by atoms with Crippen LogP contribution in [0.3, 0.4) is 0 Å². The summed E-state index contributed by atoms with van der Waals surface area (Å²) in [5.41, 5.74) is 1.94. The molecule has 0 unspecified atom stereocenters. The molecule has 1 N–H and O–H groups in total. The van der Waals surface area contributed by atoms with Gasteiger partial charge < -0.3 is 14.6 Å². The maximum absolute atomic E-state index is 11.8. The lowest BCUT2D eigenvalue weighted by molar-refractivity contribution is -0.106. The van der Waals surface area contributed by atoms with Crippen molar-refractivity contribution < 1.29 is 19.4 Å². The van der Waals surface area contributed by atoms with E-state index in [1.165, 1.54) is 4.90 Å². The zero-order valence-electron chi connectivity index (χ0n) is 13.1. The Hall–Kier alpha value is -1.30. The average molecular weight is 328 g/mol. The molecule has 0 spiro atoms. The quantitative estimate of drug-likeness (QED) is 0.838. The van der Waals surface area contributed by atoms with E-state index in [0.717, 1.165) is 24.0 Å². The molecule has 0 saturated heterocycles. The number of rotatable bonds is 5. The van der Waals surface area contributed by atoms with Crippen molar-refractivity contribution in [1.82, 2.24) is 4.90 Å². The smallest absolute Gasteiger partial charge is 0.408 e. The predicted molar refractivity (Wildman–Crippen MR) is 84.3 cm³/mol. The number of fused-ring (bicyclic) bond motifs is 1. The summed E-state index contributed by atoms with van der Waals surface area (Å²) in [5.74, 6) is 0. The predicted octanol–water partition coefficient (Wildman–Crippen LogP) is 3.70. The van der Waals surface area contributed by atoms with E-state index in [0.29, 0.717) is 5.02 Å². The van der Waals surface area contributed by atoms with Crippen LogP contribution in [0, 0.1) is 0 Å². The van der Waals surface area contributed by atoms with Gasteiger partial charge in [0.15, 0.2) is 0 Å². The number of halogens is 1. The number of hydrogen-bond donors (Lipinski definition) is 1. The zero-order chi connectivity index (χ0) is 16.3. The third-order valence-electron chi connectivity index (χ3n) is 3.97. The number of ether oxygens (including phenoxy) is 2. The summed E-state index contributed by atoms with van der Waals surface area (Å²) in [6, 6.07) is 5.09. The Morgan fingerprint density at radius 3 is 2.82 bits per heavy atom. The monoisotopic (exact) mass is 327 g/mol. The highest BCUT2D eigenvalue weighted by Crippen LogP contribution is 2.41. The second-order valence-corrected chi connectivity index (χ2v) is 6.10. The van der Waals surface area contributed by atoms with Gasteiger partial charge in [-0.25, -0.2) is 4.79 Å². The molecule has 0 aliphatic heterocycles. The standard InChI is InChI=1S/C16H22ClNO4/c1-10(2)18(16(19)20)15-13(22-9-21-3)8-7-11-5-4-6-12(17)14(11)15/h4-6,10,13,15H,7-9H2,1-3H3,(H,19,20)/t13-,15-/m1/s1. The summed E-state index contributed by atoms with van der Waals surface area (Å²) in [5, 5.41) is 10.2. The number of benzene rings is 1. The first kappa shape index (κ1) is 17.1. The third-order valence-corrected chi connectivity index (χ3v) is 4.30. The van der Waals surface area contributed by atoms with Gasteiger partial charge in [0.25, 0.3) is 0 Å². The van der Waals surface area contributed by atoms with Crippen LogP contribution in [-0.4, -0.2) is 42.1 Å². The molecule has 1 aliphatic carbocycles. The fourth-order valence-electron chi connectivity index (χ4n) is 3.08. The van der Waals surface area contributed by atoms with E-state index in [2.05, 4.69) is 0 Å². The highest BCUT2D eigenvalue weighted by Gasteiger charge is 2.39. The number of amides is 1. The maximum Gasteiger partial charge on any atom is 0.408 e. The SMILES string of the molecule is COCO[C@@H]1CCc2cccc(Cl)c2[C@@H]1N(C(=O)O)C(C)C. The highest BCUT2D eigenvalue weighted by atomic mass is 35.5. The van der Waals surface area contributed by atoms with E-state index < -0.39 is 12.1 Å². The Labute approximate surface area is 135 Å². The molecular formula is C16H22ClNO4. The maximum atomic E-state index is 11.8. The van der Waals surface area contributed by atoms with Gasteiger partial charge in [0.05, 0.1) is 12.1 Å². The van der Waals surface area contributed by atoms with Gasteiger partial charge in [-0.3, -0.25) is 4.90 Å². The lowest BCUT2D eigenvalue weighted by Gasteiger charge is -2.41. The van der Waals surface area contributed by atoms with E-state index in [9.17, 15) is 9.90 Å². The average Bonchev–Trinajstić information content (AvgIpc) is 2.45. The minimum Gasteiger partial charge on any atom is -0.465 e. The molecule has 2 atom stereocenters. The third kappa shape index (κ3) is 3.37. The van der Waals surface area contributed by atoms with Crippen molar-refractivity contribution in [2.24, 2.45) is 0 Å². The molecule has 0 saturated carbocycles. The van der Waals surface area contributed by atoms with Crippen LogP contribution in [0.4, 0.5) is 4.79 Å². The minimum atomic E-state index is -0.973. The van der Waals surface area contributed by atoms with E-state index in [1.807, 2.05) is 26.0 Å². The fourth-order valence-corrected chi connectivity index (χ4v) is 3.39. The zero-order valence-corrected chi connectivity index (χ0v) is 13.8. The van der Waals surface area contributed by atoms with Gasteiger partial charge in [-0.2, -0.15) is 0 Å². The van der Waals surface area contributed by atoms with Crippen molar-refractivity contribution in [2.45, 2.75) is 44.9 Å². The van der Waals surface area contributed by atoms with Crippen LogP contribution in [0.25, 0.3) is 0 Å². The molecule has 2 rings (SSSR count). The number of carbonyl (C=O) groups is 1. The van der Waals surface area contributed by atoms with Crippen LogP contribution in [0.15, 0.2) is 18.2 Å². The van der Waals surface area contributed by atoms with Crippen molar-refractivity contribution >= 4 is 17.7 Å². The van der Waals surface area contributed by atoms with E-state index >= 15 is 0 Å². The topological polar surface area (TPSA) is 59.0 Å². The van der Waals surface area contributed by atoms with Crippen LogP contribution in [-0.2, 0) is 15.9 Å². The molecule has 6 heteroatoms. The van der Waals surface area contributed by atoms with Crippen molar-refractivity contribution in [3.8, 4) is 0 Å². The first-order valence-corrected chi connectivity index (χ1v) is 7.74. The summed E-state index contributed by atoms with van der Waals surface area (Å²) in [7, 11) is 1.55. The molecule has 22 heavy (non-hydrogen) atoms. The molecular weight excluding hydrogens is 306 g/mol. The number of hydrogen-bond acceptors (Lipinski definition) is 3. The highest BCUT2D eigenvalue weighted by molar-refractivity contribution is 6.31. The summed E-state index contributed by atoms with van der Waals surface area (Å²) >= 11 is 6.38. The van der Waals surface area contributed by atoms with E-state index in [-0.39, 0.29) is 18.9 Å². The van der Waals surface area contributed by atoms with E-state index in [1.54, 1.807) is 13.2 Å². The number of methoxy groups -OCH3 is 1. The molecule has 0 bridgehead atoms. The number of nitrogens with zero attached hydrogens (tertiary/aromatic N) is 1. The van der Waals surface area contributed by atoms with Crippen LogP contribution in [0.2, 0.25) is 5.02 Å². The van der Waals surface area contributed by atoms with Crippen LogP contribution in [0.1, 0.15) is 37.4 Å². The molecule has 5 nitrogen and oxygen atoms in total. The molecule has 122 valence electrons. The molecule has 0 radical (unpaired) electrons. The first-order valence-electron chi connectivity index (χ1n) is 7.36. The van der Waals surface area contributed by atoms with Crippen LogP contribution in [0.5, 0.6) is 0 Å². The second-order valence-electron chi connectivity index (χ2n) is 5.69. The van der Waals surface area contributed by atoms with Gasteiger partial charge in [0, 0.05) is 18.2 Å². The Balaban J connectivity index is 2.48. The van der Waals surface area contributed by atoms with Gasteiger partial charge in [-0.1, -0.05) is 23.7 Å². The van der Waals surface area contributed by atoms with Gasteiger partial charge >= 0.3 is 6.09 Å². The van der Waals surface area contributed by atoms with Gasteiger partial charge in [-0.15, -0.1) is 0 Å². The van der Waals surface area contributed by atoms with Crippen LogP contribution < -0.4 is 0 Å². The largest absolute Gasteiger partial charge is 0.465 e. The lowest BCUT2D eigenvalue weighted by atomic mass is 9.84. The summed E-state index contributed by atoms with van der Waals surface area (Å²) in [6.45, 7) is 3.84. The summed E-state index contributed by atoms with van der Waals surface area (Å²) in [4.78, 5) is 13.2. The Morgan fingerprint density at radius 2 is 2.23 bits per heavy atom. The van der Waals surface area contributed by atoms with Gasteiger partial charge in [-0.05, 0) is 43.9 Å². The first-order chi connectivity index (χ1) is 10.5. The second kappa shape index (κ2) is 7.31. The Bertz CT molecular complexity index is 535. The van der Waals surface area contributed by atoms with Crippen molar-refractivity contribution in [2.75, 3.05) is 13.9 Å². The Kier molecular flexibility index (Phi) is 5.67. The molecule has 1 amide bonds. The van der Waals surface area contributed by atoms with Crippen molar-refractivity contribution in [1.29, 1.82) is 0 Å². The van der Waals surface area contributed by atoms with Gasteiger partial charge in [0.2, 0.25) is 0 Å². The molecule has 0 heterocycles. The Morgan fingerprint density at radius 1 is 1.50 bits per heavy atom. The number of aryl methyl sites for hydroxylation is 1. The van der Waals surface area contributed by atoms with Crippen molar-refractivity contribution in [3.63, 3.8) is 0 Å². The lowest BCUT2D eigenvalue weighted by Crippen LogP contribution is -2.47. The molecule has 1 aromatic rings. The normalized spacial score (nSPS) is 20.8. The van der Waals surface area contributed by atoms with Crippen LogP contribution >= 0.6 is 11.6 Å². The molecule has 0 aromatic heterocycles.